The number of benzene rings is 1. The molecule has 0 aliphatic carbocycles. The van der Waals surface area contributed by atoms with Gasteiger partial charge >= 0.3 is 0 Å². The Morgan fingerprint density at radius 1 is 1.25 bits per heavy atom. The third-order valence-corrected chi connectivity index (χ3v) is 4.53. The number of hydrogen-bond acceptors (Lipinski definition) is 3. The van der Waals surface area contributed by atoms with Gasteiger partial charge in [0.2, 0.25) is 0 Å². The van der Waals surface area contributed by atoms with Crippen molar-refractivity contribution in [3.05, 3.63) is 47.8 Å². The van der Waals surface area contributed by atoms with Crippen LogP contribution in [0.25, 0.3) is 0 Å². The van der Waals surface area contributed by atoms with Crippen molar-refractivity contribution >= 4 is 11.8 Å². The van der Waals surface area contributed by atoms with Gasteiger partial charge in [0.05, 0.1) is 11.7 Å². The normalized spacial score (nSPS) is 11.2. The van der Waals surface area contributed by atoms with Gasteiger partial charge in [-0.05, 0) is 36.6 Å². The summed E-state index contributed by atoms with van der Waals surface area (Å²) in [4.78, 5) is 1.25. The molecule has 108 valence electrons. The first-order valence-electron chi connectivity index (χ1n) is 7.22. The molecule has 0 aliphatic heterocycles. The van der Waals surface area contributed by atoms with E-state index < -0.39 is 0 Å². The van der Waals surface area contributed by atoms with Crippen molar-refractivity contribution in [2.75, 3.05) is 0 Å². The molecule has 1 heterocycles. The highest BCUT2D eigenvalue weighted by Gasteiger charge is 2.08. The summed E-state index contributed by atoms with van der Waals surface area (Å²) in [7, 11) is 0. The lowest BCUT2D eigenvalue weighted by molar-refractivity contribution is 0.426. The molecule has 0 saturated carbocycles. The lowest BCUT2D eigenvalue weighted by atomic mass is 10.2. The van der Waals surface area contributed by atoms with E-state index in [0.717, 1.165) is 24.3 Å². The van der Waals surface area contributed by atoms with Gasteiger partial charge in [-0.15, -0.1) is 11.8 Å². The van der Waals surface area contributed by atoms with E-state index in [9.17, 15) is 0 Å². The van der Waals surface area contributed by atoms with E-state index in [0.29, 0.717) is 12.6 Å². The van der Waals surface area contributed by atoms with Crippen molar-refractivity contribution in [3.63, 3.8) is 0 Å². The summed E-state index contributed by atoms with van der Waals surface area (Å²) in [5.74, 6) is 0.904. The third-order valence-electron chi connectivity index (χ3n) is 3.50. The monoisotopic (exact) mass is 289 g/mol. The van der Waals surface area contributed by atoms with Gasteiger partial charge in [0.1, 0.15) is 0 Å². The Hall–Kier alpha value is -1.26. The Kier molecular flexibility index (Phi) is 5.68. The maximum absolute atomic E-state index is 5.67. The van der Waals surface area contributed by atoms with Crippen LogP contribution < -0.4 is 5.73 Å². The highest BCUT2D eigenvalue weighted by Crippen LogP contribution is 2.23. The van der Waals surface area contributed by atoms with Crippen LogP contribution in [-0.4, -0.2) is 9.78 Å². The minimum absolute atomic E-state index is 0.523. The summed E-state index contributed by atoms with van der Waals surface area (Å²) in [6.45, 7) is 5.02. The average molecular weight is 289 g/mol. The van der Waals surface area contributed by atoms with E-state index in [1.165, 1.54) is 10.5 Å². The summed E-state index contributed by atoms with van der Waals surface area (Å²) in [6.07, 6.45) is 4.36. The molecule has 2 N–H and O–H groups in total. The Morgan fingerprint density at radius 3 is 2.75 bits per heavy atom. The van der Waals surface area contributed by atoms with E-state index in [-0.39, 0.29) is 0 Å². The van der Waals surface area contributed by atoms with Gasteiger partial charge in [-0.3, -0.25) is 4.68 Å². The van der Waals surface area contributed by atoms with Crippen LogP contribution in [0.15, 0.2) is 41.4 Å². The second-order valence-corrected chi connectivity index (χ2v) is 5.95. The van der Waals surface area contributed by atoms with Crippen LogP contribution in [0, 0.1) is 0 Å². The molecule has 3 nitrogen and oxygen atoms in total. The fraction of sp³-hybridized carbons (Fsp3) is 0.438. The summed E-state index contributed by atoms with van der Waals surface area (Å²) in [5.41, 5.74) is 7.99. The van der Waals surface area contributed by atoms with E-state index in [1.54, 1.807) is 0 Å². The van der Waals surface area contributed by atoms with E-state index in [4.69, 9.17) is 5.73 Å². The molecule has 2 rings (SSSR count). The summed E-state index contributed by atoms with van der Waals surface area (Å²) < 4.78 is 2.10. The molecule has 20 heavy (non-hydrogen) atoms. The SMILES string of the molecule is CCC(CC)n1ccc(CSc2cccc(CN)c2)n1. The van der Waals surface area contributed by atoms with Crippen molar-refractivity contribution < 1.29 is 0 Å². The van der Waals surface area contributed by atoms with Crippen LogP contribution in [0.4, 0.5) is 0 Å². The Bertz CT molecular complexity index is 532. The highest BCUT2D eigenvalue weighted by atomic mass is 32.2. The summed E-state index contributed by atoms with van der Waals surface area (Å²) >= 11 is 1.81. The summed E-state index contributed by atoms with van der Waals surface area (Å²) in [5, 5.41) is 4.68. The number of nitrogens with zero attached hydrogens (tertiary/aromatic N) is 2. The first kappa shape index (κ1) is 15.1. The zero-order valence-electron chi connectivity index (χ0n) is 12.2. The molecule has 0 unspecified atom stereocenters. The van der Waals surface area contributed by atoms with Gasteiger partial charge in [0, 0.05) is 23.4 Å². The lowest BCUT2D eigenvalue weighted by Gasteiger charge is -2.12. The van der Waals surface area contributed by atoms with Crippen LogP contribution in [0.5, 0.6) is 0 Å². The van der Waals surface area contributed by atoms with Gasteiger partial charge in [0.15, 0.2) is 0 Å². The minimum Gasteiger partial charge on any atom is -0.326 e. The van der Waals surface area contributed by atoms with Crippen LogP contribution in [0.3, 0.4) is 0 Å². The van der Waals surface area contributed by atoms with E-state index in [1.807, 2.05) is 11.8 Å². The summed E-state index contributed by atoms with van der Waals surface area (Å²) in [6, 6.07) is 11.1. The largest absolute Gasteiger partial charge is 0.326 e. The topological polar surface area (TPSA) is 43.8 Å². The fourth-order valence-electron chi connectivity index (χ4n) is 2.24. The zero-order valence-corrected chi connectivity index (χ0v) is 13.1. The maximum Gasteiger partial charge on any atom is 0.0727 e. The molecule has 2 aromatic rings. The number of nitrogens with two attached hydrogens (primary N) is 1. The molecule has 0 fully saturated rings. The number of aromatic nitrogens is 2. The molecular weight excluding hydrogens is 266 g/mol. The van der Waals surface area contributed by atoms with Gasteiger partial charge in [-0.25, -0.2) is 0 Å². The van der Waals surface area contributed by atoms with Crippen LogP contribution in [0.2, 0.25) is 0 Å². The quantitative estimate of drug-likeness (QED) is 0.784. The number of rotatable bonds is 7. The van der Waals surface area contributed by atoms with E-state index in [2.05, 4.69) is 60.2 Å². The lowest BCUT2D eigenvalue weighted by Crippen LogP contribution is -2.07. The highest BCUT2D eigenvalue weighted by molar-refractivity contribution is 7.98. The predicted octanol–water partition coefficient (Wildman–Crippen LogP) is 4.00. The molecule has 0 aliphatic rings. The van der Waals surface area contributed by atoms with Gasteiger partial charge < -0.3 is 5.73 Å². The van der Waals surface area contributed by atoms with Gasteiger partial charge in [-0.1, -0.05) is 26.0 Å². The molecule has 0 spiro atoms. The predicted molar refractivity (Wildman–Crippen MR) is 85.7 cm³/mol. The second kappa shape index (κ2) is 7.50. The van der Waals surface area contributed by atoms with Crippen LogP contribution in [0.1, 0.15) is 44.0 Å². The molecule has 0 saturated heterocycles. The van der Waals surface area contributed by atoms with Gasteiger partial charge in [0.25, 0.3) is 0 Å². The Balaban J connectivity index is 1.97. The van der Waals surface area contributed by atoms with Crippen molar-refractivity contribution in [2.45, 2.75) is 49.9 Å². The van der Waals surface area contributed by atoms with Crippen molar-refractivity contribution in [1.29, 1.82) is 0 Å². The number of hydrogen-bond donors (Lipinski definition) is 1. The Labute approximate surface area is 125 Å². The minimum atomic E-state index is 0.523. The first-order valence-corrected chi connectivity index (χ1v) is 8.21. The standard InChI is InChI=1S/C16H23N3S/c1-3-15(4-2)19-9-8-14(18-19)12-20-16-7-5-6-13(10-16)11-17/h5-10,15H,3-4,11-12,17H2,1-2H3. The molecule has 0 radical (unpaired) electrons. The first-order chi connectivity index (χ1) is 9.76. The molecular formula is C16H23N3S. The third kappa shape index (κ3) is 3.87. The van der Waals surface area contributed by atoms with Crippen molar-refractivity contribution in [2.24, 2.45) is 5.73 Å². The molecule has 0 bridgehead atoms. The van der Waals surface area contributed by atoms with Crippen LogP contribution >= 0.6 is 11.8 Å². The zero-order chi connectivity index (χ0) is 14.4. The maximum atomic E-state index is 5.67. The Morgan fingerprint density at radius 2 is 2.05 bits per heavy atom. The number of thioether (sulfide) groups is 1. The second-order valence-electron chi connectivity index (χ2n) is 4.90. The average Bonchev–Trinajstić information content (AvgIpc) is 2.95. The van der Waals surface area contributed by atoms with E-state index >= 15 is 0 Å². The molecule has 0 atom stereocenters. The molecule has 1 aromatic heterocycles. The smallest absolute Gasteiger partial charge is 0.0727 e. The fourth-order valence-corrected chi connectivity index (χ4v) is 3.12. The van der Waals surface area contributed by atoms with Crippen molar-refractivity contribution in [3.8, 4) is 0 Å². The van der Waals surface area contributed by atoms with Crippen molar-refractivity contribution in [1.82, 2.24) is 9.78 Å². The molecule has 4 heteroatoms. The molecule has 1 aromatic carbocycles. The van der Waals surface area contributed by atoms with Gasteiger partial charge in [-0.2, -0.15) is 5.10 Å². The van der Waals surface area contributed by atoms with Crippen LogP contribution in [-0.2, 0) is 12.3 Å². The molecule has 0 amide bonds.